The largest absolute Gasteiger partial charge is 0.478 e. The van der Waals surface area contributed by atoms with Crippen molar-refractivity contribution in [1.29, 1.82) is 5.26 Å². The number of carbonyl (C=O) groups is 1. The Kier molecular flexibility index (Phi) is 5.04. The molecule has 1 N–H and O–H groups in total. The predicted octanol–water partition coefficient (Wildman–Crippen LogP) is 2.24. The SMILES string of the molecule is N#CCOc1ccccc1C(=O)N[C@H]1CCO[C@@H]1c1cccnc1. The fraction of sp³-hybridized carbons (Fsp3) is 0.278. The number of nitrogens with one attached hydrogen (secondary N) is 1. The topological polar surface area (TPSA) is 84.2 Å². The first-order valence-corrected chi connectivity index (χ1v) is 7.71. The van der Waals surface area contributed by atoms with Crippen molar-refractivity contribution in [3.05, 3.63) is 59.9 Å². The van der Waals surface area contributed by atoms with Crippen LogP contribution in [-0.2, 0) is 4.74 Å². The fourth-order valence-corrected chi connectivity index (χ4v) is 2.75. The van der Waals surface area contributed by atoms with Crippen LogP contribution in [0.5, 0.6) is 5.75 Å². The molecule has 1 aliphatic heterocycles. The van der Waals surface area contributed by atoms with Crippen molar-refractivity contribution in [2.45, 2.75) is 18.6 Å². The number of benzene rings is 1. The molecule has 0 spiro atoms. The zero-order chi connectivity index (χ0) is 16.8. The van der Waals surface area contributed by atoms with E-state index in [1.54, 1.807) is 36.7 Å². The van der Waals surface area contributed by atoms with Gasteiger partial charge in [-0.2, -0.15) is 5.26 Å². The Morgan fingerprint density at radius 3 is 3.04 bits per heavy atom. The minimum Gasteiger partial charge on any atom is -0.478 e. The van der Waals surface area contributed by atoms with E-state index in [0.717, 1.165) is 12.0 Å². The van der Waals surface area contributed by atoms with Gasteiger partial charge in [-0.25, -0.2) is 0 Å². The van der Waals surface area contributed by atoms with Gasteiger partial charge in [-0.05, 0) is 24.6 Å². The Labute approximate surface area is 140 Å². The minimum atomic E-state index is -0.243. The van der Waals surface area contributed by atoms with E-state index in [0.29, 0.717) is 17.9 Å². The maximum atomic E-state index is 12.6. The van der Waals surface area contributed by atoms with Crippen molar-refractivity contribution in [3.63, 3.8) is 0 Å². The zero-order valence-electron chi connectivity index (χ0n) is 13.0. The second-order valence-corrected chi connectivity index (χ2v) is 5.39. The maximum Gasteiger partial charge on any atom is 0.255 e. The molecule has 0 radical (unpaired) electrons. The van der Waals surface area contributed by atoms with Crippen LogP contribution in [0.3, 0.4) is 0 Å². The number of rotatable bonds is 5. The van der Waals surface area contributed by atoms with Crippen molar-refractivity contribution >= 4 is 5.91 Å². The smallest absolute Gasteiger partial charge is 0.255 e. The number of nitriles is 1. The molecule has 0 unspecified atom stereocenters. The summed E-state index contributed by atoms with van der Waals surface area (Å²) in [6.07, 6.45) is 3.97. The Morgan fingerprint density at radius 1 is 1.38 bits per heavy atom. The standard InChI is InChI=1S/C18H17N3O3/c19-8-11-23-16-6-2-1-5-14(16)18(22)21-15-7-10-24-17(15)13-4-3-9-20-12-13/h1-6,9,12,15,17H,7,10-11H2,(H,21,22)/t15-,17+/m0/s1. The van der Waals surface area contributed by atoms with Crippen LogP contribution in [0.15, 0.2) is 48.8 Å². The van der Waals surface area contributed by atoms with E-state index in [4.69, 9.17) is 14.7 Å². The summed E-state index contributed by atoms with van der Waals surface area (Å²) >= 11 is 0. The summed E-state index contributed by atoms with van der Waals surface area (Å²) in [5, 5.41) is 11.7. The lowest BCUT2D eigenvalue weighted by Gasteiger charge is -2.20. The molecule has 24 heavy (non-hydrogen) atoms. The number of hydrogen-bond acceptors (Lipinski definition) is 5. The molecule has 1 amide bonds. The van der Waals surface area contributed by atoms with Crippen LogP contribution in [0.2, 0.25) is 0 Å². The molecule has 2 atom stereocenters. The number of nitrogens with zero attached hydrogens (tertiary/aromatic N) is 2. The van der Waals surface area contributed by atoms with Crippen molar-refractivity contribution < 1.29 is 14.3 Å². The summed E-state index contributed by atoms with van der Waals surface area (Å²) < 4.78 is 11.1. The maximum absolute atomic E-state index is 12.6. The van der Waals surface area contributed by atoms with Gasteiger partial charge in [0.05, 0.1) is 11.6 Å². The zero-order valence-corrected chi connectivity index (χ0v) is 13.0. The third-order valence-corrected chi connectivity index (χ3v) is 3.85. The first kappa shape index (κ1) is 16.0. The third kappa shape index (κ3) is 3.53. The first-order chi connectivity index (χ1) is 11.8. The molecule has 1 saturated heterocycles. The Bertz CT molecular complexity index is 743. The molecule has 0 bridgehead atoms. The van der Waals surface area contributed by atoms with Crippen LogP contribution >= 0.6 is 0 Å². The van der Waals surface area contributed by atoms with E-state index < -0.39 is 0 Å². The van der Waals surface area contributed by atoms with Crippen LogP contribution in [0.4, 0.5) is 0 Å². The molecule has 6 heteroatoms. The summed E-state index contributed by atoms with van der Waals surface area (Å²) in [6, 6.07) is 12.4. The molecule has 1 fully saturated rings. The highest BCUT2D eigenvalue weighted by Crippen LogP contribution is 2.29. The van der Waals surface area contributed by atoms with E-state index in [1.165, 1.54) is 0 Å². The van der Waals surface area contributed by atoms with Gasteiger partial charge in [0, 0.05) is 24.6 Å². The number of hydrogen-bond donors (Lipinski definition) is 1. The molecule has 122 valence electrons. The number of para-hydroxylation sites is 1. The monoisotopic (exact) mass is 323 g/mol. The van der Waals surface area contributed by atoms with Crippen molar-refractivity contribution in [3.8, 4) is 11.8 Å². The Balaban J connectivity index is 1.74. The molecule has 2 aromatic rings. The van der Waals surface area contributed by atoms with Gasteiger partial charge < -0.3 is 14.8 Å². The Hall–Kier alpha value is -2.91. The Morgan fingerprint density at radius 2 is 2.25 bits per heavy atom. The van der Waals surface area contributed by atoms with Crippen molar-refractivity contribution in [2.24, 2.45) is 0 Å². The van der Waals surface area contributed by atoms with Crippen LogP contribution in [0.1, 0.15) is 28.4 Å². The fourth-order valence-electron chi connectivity index (χ4n) is 2.75. The summed E-state index contributed by atoms with van der Waals surface area (Å²) in [6.45, 7) is 0.478. The summed E-state index contributed by atoms with van der Waals surface area (Å²) in [5.41, 5.74) is 1.35. The van der Waals surface area contributed by atoms with Crippen molar-refractivity contribution in [1.82, 2.24) is 10.3 Å². The summed E-state index contributed by atoms with van der Waals surface area (Å²) in [4.78, 5) is 16.7. The lowest BCUT2D eigenvalue weighted by molar-refractivity contribution is 0.0818. The van der Waals surface area contributed by atoms with Crippen LogP contribution in [0.25, 0.3) is 0 Å². The minimum absolute atomic E-state index is 0.102. The van der Waals surface area contributed by atoms with Gasteiger partial charge in [0.2, 0.25) is 0 Å². The van der Waals surface area contributed by atoms with Crippen molar-refractivity contribution in [2.75, 3.05) is 13.2 Å². The van der Waals surface area contributed by atoms with Gasteiger partial charge in [-0.15, -0.1) is 0 Å². The summed E-state index contributed by atoms with van der Waals surface area (Å²) in [5.74, 6) is 0.154. The molecule has 0 saturated carbocycles. The number of ether oxygens (including phenoxy) is 2. The quantitative estimate of drug-likeness (QED) is 0.912. The molecule has 1 aromatic heterocycles. The average Bonchev–Trinajstić information content (AvgIpc) is 3.09. The second-order valence-electron chi connectivity index (χ2n) is 5.39. The van der Waals surface area contributed by atoms with Crippen LogP contribution in [0, 0.1) is 11.3 Å². The van der Waals surface area contributed by atoms with E-state index in [-0.39, 0.29) is 24.7 Å². The predicted molar refractivity (Wildman–Crippen MR) is 86.4 cm³/mol. The highest BCUT2D eigenvalue weighted by molar-refractivity contribution is 5.97. The highest BCUT2D eigenvalue weighted by atomic mass is 16.5. The number of pyridine rings is 1. The molecular formula is C18H17N3O3. The van der Waals surface area contributed by atoms with E-state index in [2.05, 4.69) is 10.3 Å². The number of amides is 1. The first-order valence-electron chi connectivity index (χ1n) is 7.71. The lowest BCUT2D eigenvalue weighted by atomic mass is 10.0. The summed E-state index contributed by atoms with van der Waals surface area (Å²) in [7, 11) is 0. The number of aromatic nitrogens is 1. The molecule has 6 nitrogen and oxygen atoms in total. The van der Waals surface area contributed by atoms with Gasteiger partial charge in [0.1, 0.15) is 17.9 Å². The molecular weight excluding hydrogens is 306 g/mol. The van der Waals surface area contributed by atoms with Gasteiger partial charge in [-0.1, -0.05) is 18.2 Å². The molecule has 2 heterocycles. The number of carbonyl (C=O) groups excluding carboxylic acids is 1. The van der Waals surface area contributed by atoms with Crippen LogP contribution < -0.4 is 10.1 Å². The molecule has 1 aliphatic rings. The normalized spacial score (nSPS) is 19.5. The highest BCUT2D eigenvalue weighted by Gasteiger charge is 2.31. The van der Waals surface area contributed by atoms with E-state index in [1.807, 2.05) is 18.2 Å². The average molecular weight is 323 g/mol. The molecule has 1 aromatic carbocycles. The van der Waals surface area contributed by atoms with Gasteiger partial charge in [-0.3, -0.25) is 9.78 Å². The van der Waals surface area contributed by atoms with Gasteiger partial charge in [0.15, 0.2) is 6.61 Å². The lowest BCUT2D eigenvalue weighted by Crippen LogP contribution is -2.37. The van der Waals surface area contributed by atoms with E-state index >= 15 is 0 Å². The third-order valence-electron chi connectivity index (χ3n) is 3.85. The molecule has 0 aliphatic carbocycles. The van der Waals surface area contributed by atoms with E-state index in [9.17, 15) is 4.79 Å². The second kappa shape index (κ2) is 7.57. The van der Waals surface area contributed by atoms with Crippen LogP contribution in [-0.4, -0.2) is 30.1 Å². The molecule has 3 rings (SSSR count). The van der Waals surface area contributed by atoms with Gasteiger partial charge in [0.25, 0.3) is 5.91 Å². The van der Waals surface area contributed by atoms with Gasteiger partial charge >= 0.3 is 0 Å².